The largest absolute Gasteiger partial charge is 0.388 e. The molecule has 166 valence electrons. The van der Waals surface area contributed by atoms with Gasteiger partial charge in [0.2, 0.25) is 0 Å². The second-order valence-electron chi connectivity index (χ2n) is 9.07. The van der Waals surface area contributed by atoms with Gasteiger partial charge in [-0.25, -0.2) is 4.98 Å². The second kappa shape index (κ2) is 8.06. The Morgan fingerprint density at radius 3 is 2.72 bits per heavy atom. The van der Waals surface area contributed by atoms with Crippen LogP contribution in [0.1, 0.15) is 46.3 Å². The van der Waals surface area contributed by atoms with Crippen molar-refractivity contribution in [1.29, 1.82) is 0 Å². The minimum Gasteiger partial charge on any atom is -0.388 e. The van der Waals surface area contributed by atoms with Crippen LogP contribution in [0, 0.1) is 6.92 Å². The number of carbonyl (C=O) groups is 1. The summed E-state index contributed by atoms with van der Waals surface area (Å²) in [6.07, 6.45) is 11.0. The van der Waals surface area contributed by atoms with Gasteiger partial charge in [0.15, 0.2) is 0 Å². The third-order valence-electron chi connectivity index (χ3n) is 6.91. The Morgan fingerprint density at radius 2 is 1.97 bits per heavy atom. The number of piperidine rings is 1. The summed E-state index contributed by atoms with van der Waals surface area (Å²) in [5.41, 5.74) is 3.14. The fourth-order valence-corrected chi connectivity index (χ4v) is 5.06. The molecule has 2 aromatic heterocycles. The van der Waals surface area contributed by atoms with E-state index in [0.717, 1.165) is 24.9 Å². The first kappa shape index (κ1) is 20.7. The maximum Gasteiger partial charge on any atom is 0.268 e. The van der Waals surface area contributed by atoms with E-state index >= 15 is 0 Å². The van der Waals surface area contributed by atoms with Crippen molar-refractivity contribution in [2.75, 3.05) is 13.1 Å². The van der Waals surface area contributed by atoms with Crippen LogP contribution in [-0.4, -0.2) is 48.7 Å². The van der Waals surface area contributed by atoms with Gasteiger partial charge in [-0.2, -0.15) is 0 Å². The van der Waals surface area contributed by atoms with Crippen molar-refractivity contribution in [3.8, 4) is 5.69 Å². The zero-order valence-electron chi connectivity index (χ0n) is 18.3. The van der Waals surface area contributed by atoms with Gasteiger partial charge in [-0.05, 0) is 67.9 Å². The number of amides is 1. The molecular weight excluding hydrogens is 404 g/mol. The maximum atomic E-state index is 13.5. The van der Waals surface area contributed by atoms with Crippen molar-refractivity contribution in [3.05, 3.63) is 81.8 Å². The number of benzene rings is 1. The number of rotatable bonds is 4. The molecule has 3 aromatic rings. The molecule has 1 fully saturated rings. The number of likely N-dealkylation sites (tertiary alicyclic amines) is 1. The Hall–Kier alpha value is -3.19. The number of aliphatic hydroxyl groups is 1. The Bertz CT molecular complexity index is 1200. The van der Waals surface area contributed by atoms with E-state index in [-0.39, 0.29) is 17.0 Å². The molecule has 7 heteroatoms. The van der Waals surface area contributed by atoms with E-state index in [0.29, 0.717) is 38.0 Å². The van der Waals surface area contributed by atoms with Crippen LogP contribution in [0.2, 0.25) is 0 Å². The highest BCUT2D eigenvalue weighted by atomic mass is 16.3. The fourth-order valence-electron chi connectivity index (χ4n) is 5.06. The van der Waals surface area contributed by atoms with E-state index in [1.165, 1.54) is 11.1 Å². The number of nitrogens with zero attached hydrogens (tertiary/aromatic N) is 4. The van der Waals surface area contributed by atoms with Gasteiger partial charge in [-0.15, -0.1) is 0 Å². The number of aryl methyl sites for hydroxylation is 2. The molecule has 0 spiro atoms. The molecule has 7 nitrogen and oxygen atoms in total. The van der Waals surface area contributed by atoms with Gasteiger partial charge in [0, 0.05) is 31.7 Å². The molecule has 1 aromatic carbocycles. The first-order valence-electron chi connectivity index (χ1n) is 11.3. The van der Waals surface area contributed by atoms with Gasteiger partial charge in [0.1, 0.15) is 5.56 Å². The molecule has 0 radical (unpaired) electrons. The highest BCUT2D eigenvalue weighted by Gasteiger charge is 2.35. The van der Waals surface area contributed by atoms with E-state index in [1.54, 1.807) is 28.2 Å². The summed E-state index contributed by atoms with van der Waals surface area (Å²) in [6.45, 7) is 3.09. The summed E-state index contributed by atoms with van der Waals surface area (Å²) in [5.74, 6) is -0.251. The quantitative estimate of drug-likeness (QED) is 0.687. The fraction of sp³-hybridized carbons (Fsp3) is 0.400. The molecular formula is C25H28N4O3. The molecule has 0 atom stereocenters. The lowest BCUT2D eigenvalue weighted by Crippen LogP contribution is -2.49. The number of hydrogen-bond donors (Lipinski definition) is 1. The van der Waals surface area contributed by atoms with Crippen LogP contribution in [0.25, 0.3) is 5.69 Å². The number of hydrogen-bond acceptors (Lipinski definition) is 4. The summed E-state index contributed by atoms with van der Waals surface area (Å²) in [6, 6.07) is 7.92. The minimum atomic E-state index is -0.881. The molecule has 1 aliphatic heterocycles. The smallest absolute Gasteiger partial charge is 0.268 e. The summed E-state index contributed by atoms with van der Waals surface area (Å²) in [5, 5.41) is 11.0. The predicted octanol–water partition coefficient (Wildman–Crippen LogP) is 2.50. The van der Waals surface area contributed by atoms with E-state index < -0.39 is 5.60 Å². The number of carbonyl (C=O) groups excluding carboxylic acids is 1. The van der Waals surface area contributed by atoms with Gasteiger partial charge < -0.3 is 14.6 Å². The number of fused-ring (bicyclic) bond motifs is 1. The van der Waals surface area contributed by atoms with Crippen LogP contribution < -0.4 is 5.56 Å². The van der Waals surface area contributed by atoms with Crippen LogP contribution in [0.5, 0.6) is 0 Å². The number of aromatic nitrogens is 3. The summed E-state index contributed by atoms with van der Waals surface area (Å²) in [7, 11) is 0. The Balaban J connectivity index is 1.40. The summed E-state index contributed by atoms with van der Waals surface area (Å²) in [4.78, 5) is 32.6. The molecule has 1 amide bonds. The normalized spacial score (nSPS) is 17.4. The van der Waals surface area contributed by atoms with Gasteiger partial charge in [-0.1, -0.05) is 12.1 Å². The molecule has 5 rings (SSSR count). The minimum absolute atomic E-state index is 0.225. The van der Waals surface area contributed by atoms with Crippen LogP contribution in [0.4, 0.5) is 0 Å². The highest BCUT2D eigenvalue weighted by Crippen LogP contribution is 2.28. The molecule has 0 bridgehead atoms. The van der Waals surface area contributed by atoms with Gasteiger partial charge in [0.25, 0.3) is 11.5 Å². The van der Waals surface area contributed by atoms with Crippen molar-refractivity contribution >= 4 is 5.91 Å². The van der Waals surface area contributed by atoms with E-state index in [1.807, 2.05) is 35.9 Å². The van der Waals surface area contributed by atoms with Crippen molar-refractivity contribution < 1.29 is 9.90 Å². The molecule has 0 unspecified atom stereocenters. The van der Waals surface area contributed by atoms with Crippen LogP contribution >= 0.6 is 0 Å². The average Bonchev–Trinajstić information content (AvgIpc) is 3.46. The molecule has 1 saturated heterocycles. The van der Waals surface area contributed by atoms with Crippen LogP contribution in [0.15, 0.2) is 54.0 Å². The van der Waals surface area contributed by atoms with Crippen molar-refractivity contribution in [1.82, 2.24) is 19.0 Å². The zero-order chi connectivity index (χ0) is 22.3. The van der Waals surface area contributed by atoms with Crippen LogP contribution in [-0.2, 0) is 19.4 Å². The third-order valence-corrected chi connectivity index (χ3v) is 6.91. The van der Waals surface area contributed by atoms with Gasteiger partial charge in [-0.3, -0.25) is 14.2 Å². The Morgan fingerprint density at radius 1 is 1.16 bits per heavy atom. The molecule has 1 aliphatic carbocycles. The Kier molecular flexibility index (Phi) is 5.21. The van der Waals surface area contributed by atoms with Crippen molar-refractivity contribution in [3.63, 3.8) is 0 Å². The first-order valence-corrected chi connectivity index (χ1v) is 11.3. The van der Waals surface area contributed by atoms with E-state index in [9.17, 15) is 14.7 Å². The maximum absolute atomic E-state index is 13.5. The lowest BCUT2D eigenvalue weighted by atomic mass is 9.91. The Labute approximate surface area is 186 Å². The number of pyridine rings is 1. The molecule has 1 N–H and O–H groups in total. The van der Waals surface area contributed by atoms with Gasteiger partial charge in [0.05, 0.1) is 24.2 Å². The van der Waals surface area contributed by atoms with Crippen molar-refractivity contribution in [2.24, 2.45) is 0 Å². The standard InChI is InChI=1S/C25H28N4O3/c1-18-8-12-29(21-7-3-5-19-4-2-6-20(19)21)24(31)22(18)23(30)28-13-9-25(32,10-14-28)16-27-15-11-26-17-27/h3,5,7-8,11-12,15,17,32H,2,4,6,9-10,13-14,16H2,1H3. The summed E-state index contributed by atoms with van der Waals surface area (Å²) >= 11 is 0. The van der Waals surface area contributed by atoms with Gasteiger partial charge >= 0.3 is 0 Å². The topological polar surface area (TPSA) is 80.4 Å². The lowest BCUT2D eigenvalue weighted by molar-refractivity contribution is -0.0292. The molecule has 0 saturated carbocycles. The third kappa shape index (κ3) is 3.66. The van der Waals surface area contributed by atoms with E-state index in [2.05, 4.69) is 11.1 Å². The van der Waals surface area contributed by atoms with Crippen LogP contribution in [0.3, 0.4) is 0 Å². The molecule has 2 aliphatic rings. The molecule has 32 heavy (non-hydrogen) atoms. The van der Waals surface area contributed by atoms with Crippen molar-refractivity contribution in [2.45, 2.75) is 51.2 Å². The predicted molar refractivity (Wildman–Crippen MR) is 121 cm³/mol. The second-order valence-corrected chi connectivity index (χ2v) is 9.07. The monoisotopic (exact) mass is 432 g/mol. The van der Waals surface area contributed by atoms with E-state index in [4.69, 9.17) is 0 Å². The lowest BCUT2D eigenvalue weighted by Gasteiger charge is -2.38. The SMILES string of the molecule is Cc1ccn(-c2cccc3c2CCC3)c(=O)c1C(=O)N1CCC(O)(Cn2ccnc2)CC1. The number of imidazole rings is 1. The zero-order valence-corrected chi connectivity index (χ0v) is 18.3. The summed E-state index contributed by atoms with van der Waals surface area (Å²) < 4.78 is 3.49. The molecule has 3 heterocycles. The highest BCUT2D eigenvalue weighted by molar-refractivity contribution is 5.95. The average molecular weight is 433 g/mol. The first-order chi connectivity index (χ1) is 15.5.